The van der Waals surface area contributed by atoms with Crippen LogP contribution in [0.15, 0.2) is 42.5 Å². The van der Waals surface area contributed by atoms with Crippen LogP contribution in [-0.4, -0.2) is 40.0 Å². The van der Waals surface area contributed by atoms with Crippen LogP contribution < -0.4 is 20.1 Å². The molecule has 2 N–H and O–H groups in total. The molecular weight excluding hydrogens is 380 g/mol. The third-order valence-corrected chi connectivity index (χ3v) is 5.38. The Hall–Kier alpha value is -2.44. The van der Waals surface area contributed by atoms with Gasteiger partial charge in [0.25, 0.3) is 0 Å². The predicted octanol–water partition coefficient (Wildman–Crippen LogP) is 4.23. The highest BCUT2D eigenvalue weighted by Crippen LogP contribution is 2.35. The molecule has 0 aromatic heterocycles. The normalized spacial score (nSPS) is 15.5. The molecule has 7 heteroatoms. The first-order chi connectivity index (χ1) is 13.6. The lowest BCUT2D eigenvalue weighted by atomic mass is 9.74. The number of carbonyl (C=O) groups is 1. The summed E-state index contributed by atoms with van der Waals surface area (Å²) in [5, 5.41) is 6.35. The van der Waals surface area contributed by atoms with Gasteiger partial charge in [-0.25, -0.2) is 4.79 Å². The van der Waals surface area contributed by atoms with Gasteiger partial charge in [-0.2, -0.15) is 0 Å². The summed E-state index contributed by atoms with van der Waals surface area (Å²) in [7, 11) is 3.20. The number of methoxy groups -OCH3 is 2. The summed E-state index contributed by atoms with van der Waals surface area (Å²) < 4.78 is 16.1. The fraction of sp³-hybridized carbons (Fsp3) is 0.381. The second-order valence-corrected chi connectivity index (χ2v) is 7.21. The SMILES string of the molecule is COc1ccc(C2(CNC(=O)Nc3cc(Cl)ccc3OC)CCOCC2)cc1. The van der Waals surface area contributed by atoms with Gasteiger partial charge in [0.05, 0.1) is 19.9 Å². The average molecular weight is 405 g/mol. The Morgan fingerprint density at radius 1 is 1.11 bits per heavy atom. The number of nitrogens with one attached hydrogen (secondary N) is 2. The van der Waals surface area contributed by atoms with Crippen LogP contribution in [0.2, 0.25) is 5.02 Å². The number of halogens is 1. The highest BCUT2D eigenvalue weighted by Gasteiger charge is 2.35. The van der Waals surface area contributed by atoms with Gasteiger partial charge < -0.3 is 24.8 Å². The van der Waals surface area contributed by atoms with Crippen LogP contribution in [0.5, 0.6) is 11.5 Å². The minimum Gasteiger partial charge on any atom is -0.497 e. The molecule has 0 radical (unpaired) electrons. The van der Waals surface area contributed by atoms with E-state index in [2.05, 4.69) is 22.8 Å². The first-order valence-corrected chi connectivity index (χ1v) is 9.55. The highest BCUT2D eigenvalue weighted by atomic mass is 35.5. The van der Waals surface area contributed by atoms with E-state index in [0.717, 1.165) is 24.2 Å². The fourth-order valence-corrected chi connectivity index (χ4v) is 3.64. The number of ether oxygens (including phenoxy) is 3. The Bertz CT molecular complexity index is 805. The molecule has 0 saturated carbocycles. The largest absolute Gasteiger partial charge is 0.497 e. The van der Waals surface area contributed by atoms with E-state index >= 15 is 0 Å². The van der Waals surface area contributed by atoms with Gasteiger partial charge in [-0.15, -0.1) is 0 Å². The number of benzene rings is 2. The van der Waals surface area contributed by atoms with E-state index in [0.29, 0.717) is 36.2 Å². The van der Waals surface area contributed by atoms with Crippen molar-refractivity contribution in [1.82, 2.24) is 5.32 Å². The van der Waals surface area contributed by atoms with Gasteiger partial charge in [0.1, 0.15) is 11.5 Å². The maximum absolute atomic E-state index is 12.5. The first kappa shape index (κ1) is 20.3. The first-order valence-electron chi connectivity index (χ1n) is 9.17. The fourth-order valence-electron chi connectivity index (χ4n) is 3.47. The van der Waals surface area contributed by atoms with Crippen molar-refractivity contribution in [2.75, 3.05) is 39.3 Å². The maximum Gasteiger partial charge on any atom is 0.319 e. The number of urea groups is 1. The summed E-state index contributed by atoms with van der Waals surface area (Å²) in [6, 6.07) is 12.8. The molecule has 0 bridgehead atoms. The average Bonchev–Trinajstić information content (AvgIpc) is 2.73. The molecule has 1 fully saturated rings. The third kappa shape index (κ3) is 4.69. The zero-order valence-corrected chi connectivity index (χ0v) is 16.8. The molecule has 0 unspecified atom stereocenters. The summed E-state index contributed by atoms with van der Waals surface area (Å²) in [6.07, 6.45) is 1.67. The van der Waals surface area contributed by atoms with Gasteiger partial charge in [0.15, 0.2) is 0 Å². The molecule has 28 heavy (non-hydrogen) atoms. The van der Waals surface area contributed by atoms with Gasteiger partial charge in [-0.1, -0.05) is 23.7 Å². The number of rotatable bonds is 6. The van der Waals surface area contributed by atoms with Crippen LogP contribution in [0, 0.1) is 0 Å². The van der Waals surface area contributed by atoms with Crippen molar-refractivity contribution in [2.24, 2.45) is 0 Å². The smallest absolute Gasteiger partial charge is 0.319 e. The predicted molar refractivity (Wildman–Crippen MR) is 110 cm³/mol. The van der Waals surface area contributed by atoms with Gasteiger partial charge >= 0.3 is 6.03 Å². The van der Waals surface area contributed by atoms with Gasteiger partial charge in [0.2, 0.25) is 0 Å². The Labute approximate surface area is 170 Å². The third-order valence-electron chi connectivity index (χ3n) is 5.15. The monoisotopic (exact) mass is 404 g/mol. The van der Waals surface area contributed by atoms with Crippen molar-refractivity contribution < 1.29 is 19.0 Å². The molecule has 1 aliphatic rings. The van der Waals surface area contributed by atoms with Crippen molar-refractivity contribution in [2.45, 2.75) is 18.3 Å². The molecule has 3 rings (SSSR count). The molecule has 1 saturated heterocycles. The number of hydrogen-bond donors (Lipinski definition) is 2. The molecular formula is C21H25ClN2O4. The van der Waals surface area contributed by atoms with E-state index in [9.17, 15) is 4.79 Å². The van der Waals surface area contributed by atoms with Crippen LogP contribution in [0.3, 0.4) is 0 Å². The van der Waals surface area contributed by atoms with Gasteiger partial charge in [-0.05, 0) is 48.7 Å². The van der Waals surface area contributed by atoms with Crippen LogP contribution in [0.25, 0.3) is 0 Å². The lowest BCUT2D eigenvalue weighted by Gasteiger charge is -2.38. The second-order valence-electron chi connectivity index (χ2n) is 6.77. The van der Waals surface area contributed by atoms with Crippen molar-refractivity contribution >= 4 is 23.3 Å². The van der Waals surface area contributed by atoms with Crippen LogP contribution in [0.1, 0.15) is 18.4 Å². The molecule has 2 amide bonds. The molecule has 1 heterocycles. The molecule has 6 nitrogen and oxygen atoms in total. The molecule has 0 spiro atoms. The minimum atomic E-state index is -0.306. The zero-order chi connectivity index (χ0) is 20.0. The molecule has 0 aliphatic carbocycles. The Kier molecular flexibility index (Phi) is 6.65. The number of carbonyl (C=O) groups excluding carboxylic acids is 1. The van der Waals surface area contributed by atoms with Crippen LogP contribution in [0.4, 0.5) is 10.5 Å². The summed E-state index contributed by atoms with van der Waals surface area (Å²) in [4.78, 5) is 12.5. The summed E-state index contributed by atoms with van der Waals surface area (Å²) in [6.45, 7) is 1.83. The zero-order valence-electron chi connectivity index (χ0n) is 16.1. The van der Waals surface area contributed by atoms with Crippen molar-refractivity contribution in [3.63, 3.8) is 0 Å². The van der Waals surface area contributed by atoms with E-state index < -0.39 is 0 Å². The Morgan fingerprint density at radius 3 is 2.46 bits per heavy atom. The number of hydrogen-bond acceptors (Lipinski definition) is 4. The van der Waals surface area contributed by atoms with Crippen LogP contribution >= 0.6 is 11.6 Å². The highest BCUT2D eigenvalue weighted by molar-refractivity contribution is 6.31. The van der Waals surface area contributed by atoms with Gasteiger partial charge in [0, 0.05) is 30.2 Å². The van der Waals surface area contributed by atoms with Crippen molar-refractivity contribution in [3.05, 3.63) is 53.1 Å². The van der Waals surface area contributed by atoms with E-state index in [4.69, 9.17) is 25.8 Å². The quantitative estimate of drug-likeness (QED) is 0.756. The van der Waals surface area contributed by atoms with E-state index in [-0.39, 0.29) is 11.4 Å². The molecule has 150 valence electrons. The van der Waals surface area contributed by atoms with E-state index in [1.54, 1.807) is 32.4 Å². The lowest BCUT2D eigenvalue weighted by molar-refractivity contribution is 0.0508. The molecule has 1 aliphatic heterocycles. The molecule has 2 aromatic rings. The standard InChI is InChI=1S/C21H25ClN2O4/c1-26-17-6-3-15(4-7-17)21(9-11-28-12-10-21)14-23-20(25)24-18-13-16(22)5-8-19(18)27-2/h3-8,13H,9-12,14H2,1-2H3,(H2,23,24,25). The summed E-state index contributed by atoms with van der Waals surface area (Å²) >= 11 is 6.03. The maximum atomic E-state index is 12.5. The van der Waals surface area contributed by atoms with E-state index in [1.807, 2.05) is 12.1 Å². The molecule has 2 aromatic carbocycles. The Balaban J connectivity index is 1.71. The van der Waals surface area contributed by atoms with Gasteiger partial charge in [-0.3, -0.25) is 0 Å². The summed E-state index contributed by atoms with van der Waals surface area (Å²) in [5.74, 6) is 1.36. The second kappa shape index (κ2) is 9.17. The lowest BCUT2D eigenvalue weighted by Crippen LogP contribution is -2.45. The van der Waals surface area contributed by atoms with E-state index in [1.165, 1.54) is 0 Å². The number of anilines is 1. The Morgan fingerprint density at radius 2 is 1.82 bits per heavy atom. The van der Waals surface area contributed by atoms with Crippen molar-refractivity contribution in [3.8, 4) is 11.5 Å². The molecule has 0 atom stereocenters. The van der Waals surface area contributed by atoms with Crippen LogP contribution in [-0.2, 0) is 10.2 Å². The summed E-state index contributed by atoms with van der Waals surface area (Å²) in [5.41, 5.74) is 1.51. The van der Waals surface area contributed by atoms with Crippen molar-refractivity contribution in [1.29, 1.82) is 0 Å². The number of amides is 2. The topological polar surface area (TPSA) is 68.8 Å². The minimum absolute atomic E-state index is 0.180.